The van der Waals surface area contributed by atoms with Crippen LogP contribution in [0, 0.1) is 0 Å². The number of nitrogen functional groups attached to an aromatic ring is 1. The zero-order chi connectivity index (χ0) is 19.5. The Morgan fingerprint density at radius 3 is 2.71 bits per heavy atom. The number of carbonyl (C=O) groups excluding carboxylic acids is 1. The number of nitrogens with one attached hydrogen (secondary N) is 2. The molecule has 0 fully saturated rings. The number of rotatable bonds is 4. The Bertz CT molecular complexity index is 1040. The van der Waals surface area contributed by atoms with Crippen molar-refractivity contribution in [3.63, 3.8) is 0 Å². The number of aromatic amines is 1. The van der Waals surface area contributed by atoms with Crippen molar-refractivity contribution in [1.29, 1.82) is 0 Å². The van der Waals surface area contributed by atoms with Gasteiger partial charge in [0.25, 0.3) is 5.91 Å². The number of aromatic nitrogens is 2. The van der Waals surface area contributed by atoms with Crippen molar-refractivity contribution in [3.05, 3.63) is 54.2 Å². The van der Waals surface area contributed by atoms with E-state index in [4.69, 9.17) is 10.5 Å². The maximum atomic E-state index is 12.9. The van der Waals surface area contributed by atoms with Gasteiger partial charge in [0, 0.05) is 22.6 Å². The van der Waals surface area contributed by atoms with Crippen LogP contribution in [0.15, 0.2) is 53.5 Å². The smallest absolute Gasteiger partial charge is 0.275 e. The second-order valence-electron chi connectivity index (χ2n) is 6.15. The second kappa shape index (κ2) is 7.77. The first-order chi connectivity index (χ1) is 13.6. The summed E-state index contributed by atoms with van der Waals surface area (Å²) < 4.78 is 5.22. The second-order valence-corrected chi connectivity index (χ2v) is 7.24. The molecule has 0 saturated heterocycles. The summed E-state index contributed by atoms with van der Waals surface area (Å²) in [5, 5.41) is 3.49. The van der Waals surface area contributed by atoms with E-state index in [1.54, 1.807) is 13.2 Å². The molecule has 1 aliphatic heterocycles. The molecule has 2 heterocycles. The van der Waals surface area contributed by atoms with Crippen LogP contribution >= 0.6 is 11.8 Å². The van der Waals surface area contributed by atoms with E-state index in [-0.39, 0.29) is 5.91 Å². The Balaban J connectivity index is 1.76. The number of ether oxygens (including phenoxy) is 1. The summed E-state index contributed by atoms with van der Waals surface area (Å²) >= 11 is 1.53. The molecule has 7 nitrogen and oxygen atoms in total. The topological polar surface area (TPSA) is 105 Å². The van der Waals surface area contributed by atoms with Gasteiger partial charge in [0.2, 0.25) is 0 Å². The number of nitrogens with two attached hydrogens (primary N) is 1. The van der Waals surface area contributed by atoms with Crippen LogP contribution in [0.2, 0.25) is 0 Å². The Kier molecular flexibility index (Phi) is 5.03. The van der Waals surface area contributed by atoms with Gasteiger partial charge in [0.1, 0.15) is 23.0 Å². The van der Waals surface area contributed by atoms with Gasteiger partial charge in [0.15, 0.2) is 5.17 Å². The van der Waals surface area contributed by atoms with E-state index in [0.29, 0.717) is 34.6 Å². The molecule has 0 radical (unpaired) electrons. The molecule has 142 valence electrons. The molecule has 8 heteroatoms. The Hall–Kier alpha value is -3.26. The molecular formula is C20H19N5O2S. The number of H-pyrrole nitrogens is 1. The lowest BCUT2D eigenvalue weighted by Crippen LogP contribution is -2.28. The number of hydrogen-bond acceptors (Lipinski definition) is 6. The highest BCUT2D eigenvalue weighted by atomic mass is 32.2. The van der Waals surface area contributed by atoms with E-state index < -0.39 is 0 Å². The number of carbonyl (C=O) groups is 1. The van der Waals surface area contributed by atoms with Crippen molar-refractivity contribution in [1.82, 2.24) is 15.3 Å². The first kappa shape index (κ1) is 18.1. The predicted molar refractivity (Wildman–Crippen MR) is 113 cm³/mol. The maximum Gasteiger partial charge on any atom is 0.275 e. The summed E-state index contributed by atoms with van der Waals surface area (Å²) in [7, 11) is 1.61. The Morgan fingerprint density at radius 1 is 1.21 bits per heavy atom. The Morgan fingerprint density at radius 2 is 2.04 bits per heavy atom. The largest absolute Gasteiger partial charge is 0.497 e. The van der Waals surface area contributed by atoms with Crippen LogP contribution in [-0.4, -0.2) is 40.5 Å². The molecule has 4 N–H and O–H groups in total. The van der Waals surface area contributed by atoms with Crippen molar-refractivity contribution >= 4 is 28.5 Å². The monoisotopic (exact) mass is 393 g/mol. The van der Waals surface area contributed by atoms with Gasteiger partial charge in [-0.25, -0.2) is 4.98 Å². The molecule has 0 unspecified atom stereocenters. The first-order valence-electron chi connectivity index (χ1n) is 8.73. The molecule has 4 rings (SSSR count). The average molecular weight is 393 g/mol. The number of benzene rings is 2. The van der Waals surface area contributed by atoms with Crippen LogP contribution in [0.25, 0.3) is 22.6 Å². The first-order valence-corrected chi connectivity index (χ1v) is 9.71. The van der Waals surface area contributed by atoms with Crippen LogP contribution in [0.3, 0.4) is 0 Å². The Labute approximate surface area is 166 Å². The van der Waals surface area contributed by atoms with E-state index in [9.17, 15) is 4.79 Å². The summed E-state index contributed by atoms with van der Waals surface area (Å²) in [6.07, 6.45) is 0. The minimum absolute atomic E-state index is 0.276. The number of amides is 1. The highest BCUT2D eigenvalue weighted by molar-refractivity contribution is 8.14. The van der Waals surface area contributed by atoms with Crippen molar-refractivity contribution in [2.45, 2.75) is 0 Å². The molecule has 0 spiro atoms. The van der Waals surface area contributed by atoms with Gasteiger partial charge in [0.05, 0.1) is 13.7 Å². The van der Waals surface area contributed by atoms with E-state index >= 15 is 0 Å². The number of methoxy groups -OCH3 is 1. The van der Waals surface area contributed by atoms with Gasteiger partial charge in [-0.15, -0.1) is 0 Å². The fraction of sp³-hybridized carbons (Fsp3) is 0.150. The zero-order valence-corrected chi connectivity index (χ0v) is 16.0. The molecule has 1 aliphatic rings. The average Bonchev–Trinajstić information content (AvgIpc) is 3.38. The SMILES string of the molecule is COc1ccc(-c2nc(-c3cccc(N)c3)[nH]c2C(=O)NC2=NCCS2)cc1. The van der Waals surface area contributed by atoms with Gasteiger partial charge in [-0.2, -0.15) is 0 Å². The number of imidazole rings is 1. The minimum atomic E-state index is -0.276. The lowest BCUT2D eigenvalue weighted by Gasteiger charge is -2.05. The van der Waals surface area contributed by atoms with Gasteiger partial charge in [-0.3, -0.25) is 15.1 Å². The summed E-state index contributed by atoms with van der Waals surface area (Å²) in [5.74, 6) is 1.90. The highest BCUT2D eigenvalue weighted by Crippen LogP contribution is 2.28. The summed E-state index contributed by atoms with van der Waals surface area (Å²) in [4.78, 5) is 25.0. The van der Waals surface area contributed by atoms with Gasteiger partial charge < -0.3 is 15.5 Å². The quantitative estimate of drug-likeness (QED) is 0.591. The normalized spacial score (nSPS) is 13.2. The standard InChI is InChI=1S/C20H19N5O2S/c1-27-15-7-5-12(6-8-15)16-17(19(26)25-20-22-9-10-28-20)24-18(23-16)13-3-2-4-14(21)11-13/h2-8,11H,9-10,21H2,1H3,(H,23,24)(H,22,25,26). The van der Waals surface area contributed by atoms with Gasteiger partial charge in [-0.05, 0) is 36.4 Å². The molecule has 0 saturated carbocycles. The number of amidine groups is 1. The van der Waals surface area contributed by atoms with Crippen LogP contribution in [0.4, 0.5) is 5.69 Å². The van der Waals surface area contributed by atoms with E-state index in [0.717, 1.165) is 22.6 Å². The minimum Gasteiger partial charge on any atom is -0.497 e. The van der Waals surface area contributed by atoms with Crippen LogP contribution in [0.1, 0.15) is 10.5 Å². The number of hydrogen-bond donors (Lipinski definition) is 3. The molecule has 1 aromatic heterocycles. The highest BCUT2D eigenvalue weighted by Gasteiger charge is 2.22. The van der Waals surface area contributed by atoms with E-state index in [1.165, 1.54) is 11.8 Å². The number of thioether (sulfide) groups is 1. The molecule has 28 heavy (non-hydrogen) atoms. The van der Waals surface area contributed by atoms with Crippen molar-refractivity contribution in [3.8, 4) is 28.4 Å². The molecule has 0 aliphatic carbocycles. The molecule has 1 amide bonds. The lowest BCUT2D eigenvalue weighted by atomic mass is 10.1. The van der Waals surface area contributed by atoms with Gasteiger partial charge >= 0.3 is 0 Å². The lowest BCUT2D eigenvalue weighted by molar-refractivity contribution is 0.0974. The maximum absolute atomic E-state index is 12.9. The van der Waals surface area contributed by atoms with Gasteiger partial charge in [-0.1, -0.05) is 23.9 Å². The molecule has 0 bridgehead atoms. The third kappa shape index (κ3) is 3.72. The number of anilines is 1. The summed E-state index contributed by atoms with van der Waals surface area (Å²) in [6, 6.07) is 14.8. The summed E-state index contributed by atoms with van der Waals surface area (Å²) in [6.45, 7) is 0.711. The van der Waals surface area contributed by atoms with E-state index in [2.05, 4.69) is 20.3 Å². The number of nitrogens with zero attached hydrogens (tertiary/aromatic N) is 2. The van der Waals surface area contributed by atoms with Crippen molar-refractivity contribution in [2.24, 2.45) is 4.99 Å². The van der Waals surface area contributed by atoms with E-state index in [1.807, 2.05) is 42.5 Å². The van der Waals surface area contributed by atoms with Crippen molar-refractivity contribution in [2.75, 3.05) is 25.1 Å². The molecule has 3 aromatic rings. The fourth-order valence-electron chi connectivity index (χ4n) is 2.89. The fourth-order valence-corrected chi connectivity index (χ4v) is 3.61. The third-order valence-corrected chi connectivity index (χ3v) is 5.15. The summed E-state index contributed by atoms with van der Waals surface area (Å²) in [5.41, 5.74) is 9.07. The molecule has 2 aromatic carbocycles. The third-order valence-electron chi connectivity index (χ3n) is 4.26. The predicted octanol–water partition coefficient (Wildman–Crippen LogP) is 3.17. The van der Waals surface area contributed by atoms with Crippen molar-refractivity contribution < 1.29 is 9.53 Å². The molecular weight excluding hydrogens is 374 g/mol. The van der Waals surface area contributed by atoms with Crippen LogP contribution in [-0.2, 0) is 0 Å². The molecule has 0 atom stereocenters. The van der Waals surface area contributed by atoms with Crippen LogP contribution < -0.4 is 15.8 Å². The van der Waals surface area contributed by atoms with Crippen LogP contribution in [0.5, 0.6) is 5.75 Å². The zero-order valence-electron chi connectivity index (χ0n) is 15.2. The number of aliphatic imine (C=N–C) groups is 1.